The van der Waals surface area contributed by atoms with Crippen LogP contribution in [0.3, 0.4) is 0 Å². The highest BCUT2D eigenvalue weighted by atomic mass is 19.1. The zero-order chi connectivity index (χ0) is 23.8. The number of anilines is 1. The van der Waals surface area contributed by atoms with E-state index in [2.05, 4.69) is 22.2 Å². The molecule has 0 saturated heterocycles. The summed E-state index contributed by atoms with van der Waals surface area (Å²) in [6.45, 7) is 3.85. The van der Waals surface area contributed by atoms with Gasteiger partial charge < -0.3 is 15.4 Å². The molecule has 2 aromatic carbocycles. The molecule has 2 aromatic heterocycles. The molecule has 0 amide bonds. The van der Waals surface area contributed by atoms with E-state index < -0.39 is 12.0 Å². The van der Waals surface area contributed by atoms with Crippen molar-refractivity contribution >= 4 is 33.6 Å². The summed E-state index contributed by atoms with van der Waals surface area (Å²) in [6, 6.07) is 11.9. The van der Waals surface area contributed by atoms with Gasteiger partial charge in [0.15, 0.2) is 0 Å². The Morgan fingerprint density at radius 1 is 1.09 bits per heavy atom. The second-order valence-electron chi connectivity index (χ2n) is 9.52. The molecule has 2 unspecified atom stereocenters. The zero-order valence-corrected chi connectivity index (χ0v) is 19.4. The largest absolute Gasteiger partial charge is 0.480 e. The highest BCUT2D eigenvalue weighted by molar-refractivity contribution is 5.83. The number of nitrogens with zero attached hydrogens (tertiary/aromatic N) is 2. The number of carboxylic acid groups (broad SMARTS) is 1. The lowest BCUT2D eigenvalue weighted by atomic mass is 9.73. The minimum absolute atomic E-state index is 0.218. The number of aliphatic carboxylic acids is 1. The zero-order valence-electron chi connectivity index (χ0n) is 19.4. The number of benzene rings is 2. The Morgan fingerprint density at radius 3 is 2.62 bits per heavy atom. The summed E-state index contributed by atoms with van der Waals surface area (Å²) >= 11 is 0. The molecule has 7 heteroatoms. The number of carboxylic acids is 1. The molecule has 1 saturated carbocycles. The first kappa shape index (κ1) is 22.3. The summed E-state index contributed by atoms with van der Waals surface area (Å²) in [5, 5.41) is 13.1. The number of fused-ring (bicyclic) bond motifs is 2. The van der Waals surface area contributed by atoms with Crippen LogP contribution in [0.5, 0.6) is 0 Å². The molecule has 176 valence electrons. The van der Waals surface area contributed by atoms with Crippen LogP contribution in [0.15, 0.2) is 48.7 Å². The Kier molecular flexibility index (Phi) is 5.94. The van der Waals surface area contributed by atoms with Crippen LogP contribution in [0.1, 0.15) is 62.8 Å². The number of hydrogen-bond donors (Lipinski definition) is 3. The summed E-state index contributed by atoms with van der Waals surface area (Å²) in [7, 11) is 0. The van der Waals surface area contributed by atoms with E-state index in [1.54, 1.807) is 19.1 Å². The van der Waals surface area contributed by atoms with E-state index in [0.29, 0.717) is 11.8 Å². The summed E-state index contributed by atoms with van der Waals surface area (Å²) in [4.78, 5) is 23.8. The number of rotatable bonds is 6. The number of H-pyrrole nitrogens is 1. The molecule has 2 atom stereocenters. The molecule has 1 aliphatic carbocycles. The molecule has 2 heterocycles. The van der Waals surface area contributed by atoms with Gasteiger partial charge in [-0.2, -0.15) is 0 Å². The third kappa shape index (κ3) is 4.34. The van der Waals surface area contributed by atoms with Crippen LogP contribution in [0.25, 0.3) is 21.9 Å². The van der Waals surface area contributed by atoms with Gasteiger partial charge in [-0.25, -0.2) is 9.37 Å². The SMILES string of the molecule is CC(Nc1ccc2nc(C(C)C3CCC(c4ccnc5ccc(F)cc45)CC3)[nH]c2c1)C(=O)O. The fourth-order valence-electron chi connectivity index (χ4n) is 5.30. The van der Waals surface area contributed by atoms with Crippen molar-refractivity contribution in [2.45, 2.75) is 57.4 Å². The summed E-state index contributed by atoms with van der Waals surface area (Å²) < 4.78 is 13.9. The summed E-state index contributed by atoms with van der Waals surface area (Å²) in [5.74, 6) is 1.08. The average molecular weight is 461 g/mol. The number of pyridine rings is 1. The van der Waals surface area contributed by atoms with Crippen molar-refractivity contribution in [1.82, 2.24) is 15.0 Å². The molecule has 5 rings (SSSR count). The second kappa shape index (κ2) is 9.05. The lowest BCUT2D eigenvalue weighted by Crippen LogP contribution is -2.25. The maximum absolute atomic E-state index is 13.9. The maximum atomic E-state index is 13.9. The molecular weight excluding hydrogens is 431 g/mol. The van der Waals surface area contributed by atoms with Crippen LogP contribution >= 0.6 is 0 Å². The van der Waals surface area contributed by atoms with Gasteiger partial charge in [0.2, 0.25) is 0 Å². The highest BCUT2D eigenvalue weighted by Gasteiger charge is 2.29. The topological polar surface area (TPSA) is 90.9 Å². The van der Waals surface area contributed by atoms with E-state index in [-0.39, 0.29) is 11.7 Å². The normalized spacial score (nSPS) is 20.3. The van der Waals surface area contributed by atoms with Gasteiger partial charge in [-0.3, -0.25) is 9.78 Å². The summed E-state index contributed by atoms with van der Waals surface area (Å²) in [6.07, 6.45) is 6.13. The van der Waals surface area contributed by atoms with Crippen molar-refractivity contribution in [3.05, 3.63) is 65.9 Å². The van der Waals surface area contributed by atoms with Crippen LogP contribution in [0, 0.1) is 11.7 Å². The number of hydrogen-bond acceptors (Lipinski definition) is 4. The number of carbonyl (C=O) groups is 1. The molecule has 0 aliphatic heterocycles. The van der Waals surface area contributed by atoms with Crippen LogP contribution in [-0.4, -0.2) is 32.1 Å². The quantitative estimate of drug-likeness (QED) is 0.318. The van der Waals surface area contributed by atoms with E-state index in [4.69, 9.17) is 10.1 Å². The van der Waals surface area contributed by atoms with E-state index in [0.717, 1.165) is 59.1 Å². The predicted molar refractivity (Wildman–Crippen MR) is 132 cm³/mol. The minimum Gasteiger partial charge on any atom is -0.480 e. The van der Waals surface area contributed by atoms with Crippen molar-refractivity contribution < 1.29 is 14.3 Å². The van der Waals surface area contributed by atoms with E-state index in [9.17, 15) is 9.18 Å². The molecule has 1 aliphatic rings. The van der Waals surface area contributed by atoms with Crippen molar-refractivity contribution in [2.75, 3.05) is 5.32 Å². The van der Waals surface area contributed by atoms with Crippen molar-refractivity contribution in [3.8, 4) is 0 Å². The maximum Gasteiger partial charge on any atom is 0.325 e. The molecule has 0 spiro atoms. The van der Waals surface area contributed by atoms with Gasteiger partial charge in [0.25, 0.3) is 0 Å². The molecule has 0 bridgehead atoms. The lowest BCUT2D eigenvalue weighted by molar-refractivity contribution is -0.137. The van der Waals surface area contributed by atoms with Gasteiger partial charge >= 0.3 is 5.97 Å². The summed E-state index contributed by atoms with van der Waals surface area (Å²) in [5.41, 5.74) is 4.60. The van der Waals surface area contributed by atoms with Crippen molar-refractivity contribution in [1.29, 1.82) is 0 Å². The monoisotopic (exact) mass is 460 g/mol. The molecule has 3 N–H and O–H groups in total. The lowest BCUT2D eigenvalue weighted by Gasteiger charge is -2.32. The van der Waals surface area contributed by atoms with Gasteiger partial charge in [-0.1, -0.05) is 6.92 Å². The first-order valence-corrected chi connectivity index (χ1v) is 11.9. The fraction of sp³-hybridized carbons (Fsp3) is 0.370. The Bertz CT molecular complexity index is 1340. The van der Waals surface area contributed by atoms with Crippen LogP contribution in [-0.2, 0) is 4.79 Å². The van der Waals surface area contributed by atoms with Crippen molar-refractivity contribution in [3.63, 3.8) is 0 Å². The Hall–Kier alpha value is -3.48. The Labute approximate surface area is 197 Å². The van der Waals surface area contributed by atoms with Gasteiger partial charge in [0.05, 0.1) is 16.6 Å². The van der Waals surface area contributed by atoms with Gasteiger partial charge in [0, 0.05) is 23.2 Å². The first-order chi connectivity index (χ1) is 16.4. The van der Waals surface area contributed by atoms with Gasteiger partial charge in [-0.15, -0.1) is 0 Å². The standard InChI is InChI=1S/C27H29FN4O2/c1-15(26-31-24-10-8-20(14-25(24)32-26)30-16(2)27(33)34)17-3-5-18(6-4-17)21-11-12-29-23-9-7-19(28)13-22(21)23/h7-18,30H,3-6H2,1-2H3,(H,31,32)(H,33,34). The Morgan fingerprint density at radius 2 is 1.85 bits per heavy atom. The van der Waals surface area contributed by atoms with Crippen molar-refractivity contribution in [2.24, 2.45) is 5.92 Å². The van der Waals surface area contributed by atoms with Gasteiger partial charge in [-0.05, 0) is 92.5 Å². The van der Waals surface area contributed by atoms with E-state index >= 15 is 0 Å². The molecule has 34 heavy (non-hydrogen) atoms. The highest BCUT2D eigenvalue weighted by Crippen LogP contribution is 2.43. The van der Waals surface area contributed by atoms with Crippen LogP contribution < -0.4 is 5.32 Å². The van der Waals surface area contributed by atoms with Gasteiger partial charge in [0.1, 0.15) is 17.7 Å². The predicted octanol–water partition coefficient (Wildman–Crippen LogP) is 6.21. The van der Waals surface area contributed by atoms with E-state index in [1.807, 2.05) is 30.5 Å². The first-order valence-electron chi connectivity index (χ1n) is 11.9. The van der Waals surface area contributed by atoms with Crippen LogP contribution in [0.2, 0.25) is 0 Å². The average Bonchev–Trinajstić information content (AvgIpc) is 3.26. The Balaban J connectivity index is 1.29. The number of imidazole rings is 1. The number of aromatic amines is 1. The number of halogens is 1. The number of aromatic nitrogens is 3. The molecule has 0 radical (unpaired) electrons. The smallest absolute Gasteiger partial charge is 0.325 e. The molecular formula is C27H29FN4O2. The third-order valence-corrected chi connectivity index (χ3v) is 7.34. The van der Waals surface area contributed by atoms with Crippen LogP contribution in [0.4, 0.5) is 10.1 Å². The number of nitrogens with one attached hydrogen (secondary N) is 2. The molecule has 1 fully saturated rings. The second-order valence-corrected chi connectivity index (χ2v) is 9.52. The fourth-order valence-corrected chi connectivity index (χ4v) is 5.30. The third-order valence-electron chi connectivity index (χ3n) is 7.34. The van der Waals surface area contributed by atoms with E-state index in [1.165, 1.54) is 11.6 Å². The minimum atomic E-state index is -0.889. The molecule has 4 aromatic rings. The molecule has 6 nitrogen and oxygen atoms in total.